The van der Waals surface area contributed by atoms with Crippen molar-refractivity contribution in [2.75, 3.05) is 13.1 Å². The van der Waals surface area contributed by atoms with Gasteiger partial charge in [-0.25, -0.2) is 4.98 Å². The standard InChI is InChI=1S/C18H18ClN5O/c19-15-6-2-1-4-13(15)11-24-9-3-5-14(12-24)17-22-23-18(25-17)16-10-20-7-8-21-16/h1-2,4,6-8,10,14H,3,5,9,11-12H2/t14-/m1/s1. The van der Waals surface area contributed by atoms with Crippen LogP contribution >= 0.6 is 11.6 Å². The van der Waals surface area contributed by atoms with E-state index in [0.29, 0.717) is 17.5 Å². The Bertz CT molecular complexity index is 838. The van der Waals surface area contributed by atoms with Crippen LogP contribution < -0.4 is 0 Å². The number of likely N-dealkylation sites (tertiary alicyclic amines) is 1. The molecule has 25 heavy (non-hydrogen) atoms. The summed E-state index contributed by atoms with van der Waals surface area (Å²) in [5.74, 6) is 1.32. The van der Waals surface area contributed by atoms with Crippen molar-refractivity contribution in [1.29, 1.82) is 0 Å². The van der Waals surface area contributed by atoms with Gasteiger partial charge in [-0.05, 0) is 31.0 Å². The fourth-order valence-electron chi connectivity index (χ4n) is 3.18. The van der Waals surface area contributed by atoms with Gasteiger partial charge in [-0.2, -0.15) is 0 Å². The van der Waals surface area contributed by atoms with E-state index in [4.69, 9.17) is 16.0 Å². The predicted octanol–water partition coefficient (Wildman–Crippen LogP) is 3.56. The third-order valence-corrected chi connectivity index (χ3v) is 4.80. The molecule has 0 saturated carbocycles. The Balaban J connectivity index is 1.46. The van der Waals surface area contributed by atoms with Crippen LogP contribution in [0.15, 0.2) is 47.3 Å². The molecule has 1 aromatic carbocycles. The first-order chi connectivity index (χ1) is 12.3. The first-order valence-electron chi connectivity index (χ1n) is 8.35. The van der Waals surface area contributed by atoms with Crippen LogP contribution in [0.1, 0.15) is 30.2 Å². The molecular weight excluding hydrogens is 338 g/mol. The summed E-state index contributed by atoms with van der Waals surface area (Å²) < 4.78 is 5.85. The molecule has 1 aliphatic rings. The van der Waals surface area contributed by atoms with Crippen LogP contribution in [0, 0.1) is 0 Å². The van der Waals surface area contributed by atoms with Gasteiger partial charge >= 0.3 is 0 Å². The highest BCUT2D eigenvalue weighted by Crippen LogP contribution is 2.29. The number of piperidine rings is 1. The Labute approximate surface area is 150 Å². The van der Waals surface area contributed by atoms with Crippen LogP contribution in [0.3, 0.4) is 0 Å². The summed E-state index contributed by atoms with van der Waals surface area (Å²) in [5.41, 5.74) is 1.75. The molecule has 0 N–H and O–H groups in total. The molecule has 1 aliphatic heterocycles. The molecule has 3 heterocycles. The summed E-state index contributed by atoms with van der Waals surface area (Å²) in [7, 11) is 0. The van der Waals surface area contributed by atoms with E-state index in [1.807, 2.05) is 18.2 Å². The Morgan fingerprint density at radius 3 is 2.96 bits per heavy atom. The van der Waals surface area contributed by atoms with Crippen molar-refractivity contribution in [2.24, 2.45) is 0 Å². The molecular formula is C18H18ClN5O. The highest BCUT2D eigenvalue weighted by Gasteiger charge is 2.26. The van der Waals surface area contributed by atoms with Gasteiger partial charge in [-0.15, -0.1) is 10.2 Å². The quantitative estimate of drug-likeness (QED) is 0.712. The third-order valence-electron chi connectivity index (χ3n) is 4.43. The molecule has 3 aromatic rings. The number of nitrogens with zero attached hydrogens (tertiary/aromatic N) is 5. The van der Waals surface area contributed by atoms with Gasteiger partial charge in [0.25, 0.3) is 5.89 Å². The van der Waals surface area contributed by atoms with Crippen LogP contribution in [0.4, 0.5) is 0 Å². The van der Waals surface area contributed by atoms with E-state index in [1.165, 1.54) is 0 Å². The maximum absolute atomic E-state index is 6.29. The second-order valence-corrected chi connectivity index (χ2v) is 6.61. The minimum Gasteiger partial charge on any atom is -0.419 e. The molecule has 0 amide bonds. The van der Waals surface area contributed by atoms with E-state index in [0.717, 1.165) is 43.1 Å². The molecule has 0 aliphatic carbocycles. The number of benzene rings is 1. The molecule has 128 valence electrons. The van der Waals surface area contributed by atoms with E-state index in [2.05, 4.69) is 31.1 Å². The lowest BCUT2D eigenvalue weighted by Gasteiger charge is -2.31. The maximum Gasteiger partial charge on any atom is 0.267 e. The third kappa shape index (κ3) is 3.70. The average molecular weight is 356 g/mol. The zero-order chi connectivity index (χ0) is 17.1. The molecule has 1 saturated heterocycles. The lowest BCUT2D eigenvalue weighted by Crippen LogP contribution is -2.34. The fraction of sp³-hybridized carbons (Fsp3) is 0.333. The van der Waals surface area contributed by atoms with Gasteiger partial charge in [0.1, 0.15) is 5.69 Å². The van der Waals surface area contributed by atoms with Crippen LogP contribution in [0.5, 0.6) is 0 Å². The highest BCUT2D eigenvalue weighted by atomic mass is 35.5. The van der Waals surface area contributed by atoms with E-state index in [9.17, 15) is 0 Å². The van der Waals surface area contributed by atoms with Gasteiger partial charge < -0.3 is 4.42 Å². The minimum atomic E-state index is 0.231. The Hall–Kier alpha value is -2.31. The zero-order valence-corrected chi connectivity index (χ0v) is 14.4. The summed E-state index contributed by atoms with van der Waals surface area (Å²) in [6.07, 6.45) is 7.00. The SMILES string of the molecule is Clc1ccccc1CN1CCC[C@@H](c2nnc(-c3cnccn3)o2)C1. The molecule has 7 heteroatoms. The van der Waals surface area contributed by atoms with Crippen molar-refractivity contribution < 1.29 is 4.42 Å². The topological polar surface area (TPSA) is 67.9 Å². The van der Waals surface area contributed by atoms with E-state index >= 15 is 0 Å². The summed E-state index contributed by atoms with van der Waals surface area (Å²) in [4.78, 5) is 10.6. The van der Waals surface area contributed by atoms with E-state index in [1.54, 1.807) is 18.6 Å². The molecule has 0 bridgehead atoms. The number of halogens is 1. The molecule has 2 aromatic heterocycles. The summed E-state index contributed by atoms with van der Waals surface area (Å²) >= 11 is 6.29. The fourth-order valence-corrected chi connectivity index (χ4v) is 3.38. The van der Waals surface area contributed by atoms with Crippen molar-refractivity contribution in [3.63, 3.8) is 0 Å². The summed E-state index contributed by atoms with van der Waals surface area (Å²) in [6, 6.07) is 7.99. The molecule has 0 radical (unpaired) electrons. The van der Waals surface area contributed by atoms with Gasteiger partial charge in [-0.3, -0.25) is 9.88 Å². The van der Waals surface area contributed by atoms with E-state index < -0.39 is 0 Å². The molecule has 4 rings (SSSR count). The van der Waals surface area contributed by atoms with Crippen molar-refractivity contribution in [3.8, 4) is 11.6 Å². The van der Waals surface area contributed by atoms with Gasteiger partial charge in [0, 0.05) is 30.5 Å². The second-order valence-electron chi connectivity index (χ2n) is 6.20. The molecule has 0 spiro atoms. The van der Waals surface area contributed by atoms with Gasteiger partial charge in [0.05, 0.1) is 12.1 Å². The zero-order valence-electron chi connectivity index (χ0n) is 13.7. The van der Waals surface area contributed by atoms with Crippen molar-refractivity contribution in [3.05, 3.63) is 59.3 Å². The van der Waals surface area contributed by atoms with Gasteiger partial charge in [0.2, 0.25) is 5.89 Å². The maximum atomic E-state index is 6.29. The summed E-state index contributed by atoms with van der Waals surface area (Å²) in [5, 5.41) is 9.18. The first kappa shape index (κ1) is 16.2. The normalized spacial score (nSPS) is 18.4. The van der Waals surface area contributed by atoms with Crippen LogP contribution in [0.25, 0.3) is 11.6 Å². The van der Waals surface area contributed by atoms with Gasteiger partial charge in [0.15, 0.2) is 0 Å². The smallest absolute Gasteiger partial charge is 0.267 e. The molecule has 0 unspecified atom stereocenters. The monoisotopic (exact) mass is 355 g/mol. The minimum absolute atomic E-state index is 0.231. The van der Waals surface area contributed by atoms with Gasteiger partial charge in [-0.1, -0.05) is 29.8 Å². The highest BCUT2D eigenvalue weighted by molar-refractivity contribution is 6.31. The van der Waals surface area contributed by atoms with Crippen LogP contribution in [-0.4, -0.2) is 38.2 Å². The molecule has 1 atom stereocenters. The molecule has 6 nitrogen and oxygen atoms in total. The van der Waals surface area contributed by atoms with Crippen molar-refractivity contribution in [1.82, 2.24) is 25.1 Å². The van der Waals surface area contributed by atoms with Crippen molar-refractivity contribution in [2.45, 2.75) is 25.3 Å². The first-order valence-corrected chi connectivity index (χ1v) is 8.73. The predicted molar refractivity (Wildman–Crippen MR) is 94.0 cm³/mol. The second kappa shape index (κ2) is 7.29. The largest absolute Gasteiger partial charge is 0.419 e. The number of aromatic nitrogens is 4. The summed E-state index contributed by atoms with van der Waals surface area (Å²) in [6.45, 7) is 2.77. The van der Waals surface area contributed by atoms with E-state index in [-0.39, 0.29) is 5.92 Å². The Kier molecular flexibility index (Phi) is 4.72. The Morgan fingerprint density at radius 2 is 2.12 bits per heavy atom. The number of rotatable bonds is 4. The number of hydrogen-bond donors (Lipinski definition) is 0. The van der Waals surface area contributed by atoms with Crippen LogP contribution in [0.2, 0.25) is 5.02 Å². The average Bonchev–Trinajstić information content (AvgIpc) is 3.15. The van der Waals surface area contributed by atoms with Crippen LogP contribution in [-0.2, 0) is 6.54 Å². The molecule has 1 fully saturated rings. The Morgan fingerprint density at radius 1 is 1.20 bits per heavy atom. The number of hydrogen-bond acceptors (Lipinski definition) is 6. The van der Waals surface area contributed by atoms with Crippen molar-refractivity contribution >= 4 is 11.6 Å². The lowest BCUT2D eigenvalue weighted by molar-refractivity contribution is 0.186. The lowest BCUT2D eigenvalue weighted by atomic mass is 9.97.